The predicted octanol–water partition coefficient (Wildman–Crippen LogP) is 1.57. The van der Waals surface area contributed by atoms with Gasteiger partial charge in [-0.15, -0.1) is 0 Å². The van der Waals surface area contributed by atoms with Gasteiger partial charge in [-0.3, -0.25) is 4.98 Å². The van der Waals surface area contributed by atoms with Gasteiger partial charge in [0.1, 0.15) is 5.82 Å². The largest absolute Gasteiger partial charge is 0.396 e. The lowest BCUT2D eigenvalue weighted by Crippen LogP contribution is -1.96. The van der Waals surface area contributed by atoms with E-state index in [1.165, 1.54) is 11.5 Å². The molecule has 0 radical (unpaired) electrons. The van der Waals surface area contributed by atoms with Crippen molar-refractivity contribution in [3.63, 3.8) is 0 Å². The Kier molecular flexibility index (Phi) is 2.28. The van der Waals surface area contributed by atoms with E-state index < -0.39 is 0 Å². The fourth-order valence-electron chi connectivity index (χ4n) is 0.984. The summed E-state index contributed by atoms with van der Waals surface area (Å²) in [6, 6.07) is 1.80. The Labute approximate surface area is 85.2 Å². The summed E-state index contributed by atoms with van der Waals surface area (Å²) in [6.45, 7) is 1.84. The summed E-state index contributed by atoms with van der Waals surface area (Å²) in [7, 11) is 0. The third-order valence-corrected chi connectivity index (χ3v) is 2.34. The van der Waals surface area contributed by atoms with Crippen molar-refractivity contribution in [3.05, 3.63) is 24.3 Å². The van der Waals surface area contributed by atoms with Crippen LogP contribution in [0.5, 0.6) is 0 Å². The van der Waals surface area contributed by atoms with E-state index in [1.54, 1.807) is 18.5 Å². The van der Waals surface area contributed by atoms with Gasteiger partial charge in [0.05, 0.1) is 17.6 Å². The monoisotopic (exact) mass is 207 g/mol. The lowest BCUT2D eigenvalue weighted by molar-refractivity contribution is 1.17. The molecular formula is C8H9N5S. The van der Waals surface area contributed by atoms with Gasteiger partial charge >= 0.3 is 0 Å². The van der Waals surface area contributed by atoms with E-state index in [4.69, 9.17) is 5.73 Å². The number of nitrogen functional groups attached to an aromatic ring is 1. The molecule has 0 amide bonds. The Bertz CT molecular complexity index is 439. The number of aryl methyl sites for hydroxylation is 1. The number of nitrogens with one attached hydrogen (secondary N) is 1. The fraction of sp³-hybridized carbons (Fsp3) is 0.125. The molecule has 2 heterocycles. The molecule has 0 fully saturated rings. The van der Waals surface area contributed by atoms with Crippen molar-refractivity contribution in [2.45, 2.75) is 6.92 Å². The third kappa shape index (κ3) is 1.80. The van der Waals surface area contributed by atoms with Crippen LogP contribution < -0.4 is 11.1 Å². The summed E-state index contributed by atoms with van der Waals surface area (Å²) in [5.74, 6) is 0.755. The summed E-state index contributed by atoms with van der Waals surface area (Å²) < 4.78 is 4.05. The van der Waals surface area contributed by atoms with Crippen LogP contribution in [0.3, 0.4) is 0 Å². The molecule has 0 bridgehead atoms. The Morgan fingerprint density at radius 2 is 2.36 bits per heavy atom. The normalized spacial score (nSPS) is 10.1. The van der Waals surface area contributed by atoms with Crippen molar-refractivity contribution in [3.8, 4) is 0 Å². The molecule has 6 heteroatoms. The van der Waals surface area contributed by atoms with Crippen LogP contribution in [0, 0.1) is 6.92 Å². The van der Waals surface area contributed by atoms with E-state index in [-0.39, 0.29) is 0 Å². The summed E-state index contributed by atoms with van der Waals surface area (Å²) in [4.78, 5) is 8.06. The van der Waals surface area contributed by atoms with Crippen LogP contribution >= 0.6 is 11.5 Å². The highest BCUT2D eigenvalue weighted by molar-refractivity contribution is 7.09. The minimum absolute atomic E-state index is 0.598. The fourth-order valence-corrected chi connectivity index (χ4v) is 1.57. The summed E-state index contributed by atoms with van der Waals surface area (Å²) >= 11 is 1.30. The van der Waals surface area contributed by atoms with E-state index in [9.17, 15) is 0 Å². The van der Waals surface area contributed by atoms with Crippen LogP contribution in [-0.2, 0) is 0 Å². The predicted molar refractivity (Wildman–Crippen MR) is 56.6 cm³/mol. The maximum Gasteiger partial charge on any atom is 0.207 e. The molecule has 0 atom stereocenters. The molecule has 2 rings (SSSR count). The van der Waals surface area contributed by atoms with Crippen molar-refractivity contribution in [2.75, 3.05) is 11.1 Å². The summed E-state index contributed by atoms with van der Waals surface area (Å²) in [5, 5.41) is 3.81. The molecule has 3 N–H and O–H groups in total. The van der Waals surface area contributed by atoms with E-state index >= 15 is 0 Å². The van der Waals surface area contributed by atoms with Gasteiger partial charge in [-0.2, -0.15) is 4.37 Å². The van der Waals surface area contributed by atoms with Crippen molar-refractivity contribution in [1.82, 2.24) is 14.3 Å². The topological polar surface area (TPSA) is 76.7 Å². The number of pyridine rings is 1. The van der Waals surface area contributed by atoms with Crippen LogP contribution in [0.1, 0.15) is 5.82 Å². The second-order valence-electron chi connectivity index (χ2n) is 2.73. The van der Waals surface area contributed by atoms with Crippen LogP contribution in [0.2, 0.25) is 0 Å². The Morgan fingerprint density at radius 3 is 3.00 bits per heavy atom. The molecule has 0 aromatic carbocycles. The number of anilines is 3. The minimum Gasteiger partial charge on any atom is -0.396 e. The standard InChI is InChI=1S/C8H9N5S/c1-5-11-8(14-13-5)12-7-2-3-10-4-6(7)9/h2-4H,9H2,1H3,(H,10,11,12,13). The molecule has 0 saturated heterocycles. The highest BCUT2D eigenvalue weighted by Gasteiger charge is 2.02. The van der Waals surface area contributed by atoms with Gasteiger partial charge in [-0.25, -0.2) is 4.98 Å². The number of hydrogen-bond acceptors (Lipinski definition) is 6. The van der Waals surface area contributed by atoms with Crippen LogP contribution in [0.4, 0.5) is 16.5 Å². The van der Waals surface area contributed by atoms with E-state index in [2.05, 4.69) is 19.7 Å². The van der Waals surface area contributed by atoms with Crippen molar-refractivity contribution in [1.29, 1.82) is 0 Å². The maximum atomic E-state index is 5.71. The first-order valence-corrected chi connectivity index (χ1v) is 4.80. The molecule has 2 aromatic heterocycles. The van der Waals surface area contributed by atoms with Crippen molar-refractivity contribution < 1.29 is 0 Å². The molecule has 2 aromatic rings. The lowest BCUT2D eigenvalue weighted by Gasteiger charge is -2.03. The molecular weight excluding hydrogens is 198 g/mol. The number of rotatable bonds is 2. The molecule has 0 aliphatic heterocycles. The zero-order chi connectivity index (χ0) is 9.97. The highest BCUT2D eigenvalue weighted by Crippen LogP contribution is 2.22. The van der Waals surface area contributed by atoms with E-state index in [0.717, 1.165) is 16.6 Å². The quantitative estimate of drug-likeness (QED) is 0.781. The van der Waals surface area contributed by atoms with Gasteiger partial charge in [0.2, 0.25) is 5.13 Å². The van der Waals surface area contributed by atoms with Crippen LogP contribution in [0.25, 0.3) is 0 Å². The lowest BCUT2D eigenvalue weighted by atomic mass is 10.3. The molecule has 0 spiro atoms. The van der Waals surface area contributed by atoms with E-state index in [0.29, 0.717) is 5.69 Å². The summed E-state index contributed by atoms with van der Waals surface area (Å²) in [6.07, 6.45) is 3.27. The molecule has 0 saturated carbocycles. The van der Waals surface area contributed by atoms with Gasteiger partial charge in [-0.1, -0.05) is 0 Å². The van der Waals surface area contributed by atoms with Gasteiger partial charge in [-0.05, 0) is 13.0 Å². The SMILES string of the molecule is Cc1nsc(Nc2ccncc2N)n1. The average Bonchev–Trinajstić information content (AvgIpc) is 2.56. The van der Waals surface area contributed by atoms with Gasteiger partial charge in [0, 0.05) is 17.7 Å². The first-order valence-electron chi connectivity index (χ1n) is 4.02. The maximum absolute atomic E-state index is 5.71. The average molecular weight is 207 g/mol. The first-order chi connectivity index (χ1) is 6.75. The van der Waals surface area contributed by atoms with Crippen molar-refractivity contribution in [2.24, 2.45) is 0 Å². The number of hydrogen-bond donors (Lipinski definition) is 2. The molecule has 72 valence electrons. The Morgan fingerprint density at radius 1 is 1.50 bits per heavy atom. The molecule has 0 unspecified atom stereocenters. The zero-order valence-electron chi connectivity index (χ0n) is 7.56. The van der Waals surface area contributed by atoms with Gasteiger partial charge in [0.25, 0.3) is 0 Å². The molecule has 0 aliphatic rings. The third-order valence-electron chi connectivity index (χ3n) is 1.62. The second-order valence-corrected chi connectivity index (χ2v) is 3.49. The number of aromatic nitrogens is 3. The Balaban J connectivity index is 2.23. The molecule has 0 aliphatic carbocycles. The first kappa shape index (κ1) is 8.89. The second kappa shape index (κ2) is 3.59. The number of nitrogens with two attached hydrogens (primary N) is 1. The molecule has 5 nitrogen and oxygen atoms in total. The van der Waals surface area contributed by atoms with Gasteiger partial charge < -0.3 is 11.1 Å². The van der Waals surface area contributed by atoms with E-state index in [1.807, 2.05) is 6.92 Å². The smallest absolute Gasteiger partial charge is 0.207 e. The van der Waals surface area contributed by atoms with Crippen LogP contribution in [-0.4, -0.2) is 14.3 Å². The van der Waals surface area contributed by atoms with Gasteiger partial charge in [0.15, 0.2) is 0 Å². The molecule has 14 heavy (non-hydrogen) atoms. The van der Waals surface area contributed by atoms with Crippen molar-refractivity contribution >= 4 is 28.0 Å². The number of nitrogens with zero attached hydrogens (tertiary/aromatic N) is 3. The highest BCUT2D eigenvalue weighted by atomic mass is 32.1. The van der Waals surface area contributed by atoms with Crippen LogP contribution in [0.15, 0.2) is 18.5 Å². The zero-order valence-corrected chi connectivity index (χ0v) is 8.38. The minimum atomic E-state index is 0.598. The Hall–Kier alpha value is -1.69. The summed E-state index contributed by atoms with van der Waals surface area (Å²) in [5.41, 5.74) is 7.11.